The van der Waals surface area contributed by atoms with Gasteiger partial charge >= 0.3 is 6.09 Å². The van der Waals surface area contributed by atoms with Crippen molar-refractivity contribution >= 4 is 6.09 Å². The van der Waals surface area contributed by atoms with E-state index in [1.165, 1.54) is 0 Å². The largest absolute Gasteiger partial charge is 0.511 e. The van der Waals surface area contributed by atoms with Crippen LogP contribution in [0.25, 0.3) is 0 Å². The fourth-order valence-corrected chi connectivity index (χ4v) is 0.653. The Bertz CT molecular complexity index is 175. The van der Waals surface area contributed by atoms with E-state index in [0.29, 0.717) is 0 Å². The molecule has 72 valence electrons. The summed E-state index contributed by atoms with van der Waals surface area (Å²) in [6.45, 7) is 7.30. The fourth-order valence-electron chi connectivity index (χ4n) is 0.653. The van der Waals surface area contributed by atoms with Crippen molar-refractivity contribution in [2.45, 2.75) is 38.9 Å². The van der Waals surface area contributed by atoms with Crippen molar-refractivity contribution in [1.82, 2.24) is 0 Å². The van der Waals surface area contributed by atoms with Gasteiger partial charge in [-0.25, -0.2) is 0 Å². The zero-order chi connectivity index (χ0) is 9.99. The standard InChI is InChI=1S/C8H17NO3/c1-7(2,11-5)8(3,4)12-6(9)10/h1-5H3,(H2,9,10)/p+1. The Kier molecular flexibility index (Phi) is 3.24. The third kappa shape index (κ3) is 2.46. The van der Waals surface area contributed by atoms with Crippen molar-refractivity contribution in [2.75, 3.05) is 7.11 Å². The quantitative estimate of drug-likeness (QED) is 0.683. The Morgan fingerprint density at radius 1 is 1.17 bits per heavy atom. The van der Waals surface area contributed by atoms with E-state index in [-0.39, 0.29) is 0 Å². The van der Waals surface area contributed by atoms with Gasteiger partial charge in [0.1, 0.15) is 11.2 Å². The Labute approximate surface area is 73.0 Å². The van der Waals surface area contributed by atoms with Gasteiger partial charge in [0.25, 0.3) is 0 Å². The molecule has 0 aromatic rings. The molecule has 0 aromatic heterocycles. The van der Waals surface area contributed by atoms with Gasteiger partial charge < -0.3 is 9.47 Å². The summed E-state index contributed by atoms with van der Waals surface area (Å²) in [6, 6.07) is 0. The highest BCUT2D eigenvalue weighted by atomic mass is 16.6. The maximum absolute atomic E-state index is 10.6. The Morgan fingerprint density at radius 3 is 1.83 bits per heavy atom. The minimum absolute atomic E-state index is 0.514. The highest BCUT2D eigenvalue weighted by Gasteiger charge is 2.41. The summed E-state index contributed by atoms with van der Waals surface area (Å²) in [7, 11) is 1.58. The summed E-state index contributed by atoms with van der Waals surface area (Å²) in [5, 5.41) is 0. The van der Waals surface area contributed by atoms with Crippen LogP contribution >= 0.6 is 0 Å². The van der Waals surface area contributed by atoms with E-state index in [1.807, 2.05) is 13.8 Å². The van der Waals surface area contributed by atoms with Gasteiger partial charge in [0, 0.05) is 7.11 Å². The van der Waals surface area contributed by atoms with Crippen molar-refractivity contribution in [1.29, 1.82) is 0 Å². The van der Waals surface area contributed by atoms with Gasteiger partial charge in [0.2, 0.25) is 0 Å². The molecule has 3 N–H and O–H groups in total. The molecule has 0 aliphatic heterocycles. The molecule has 4 nitrogen and oxygen atoms in total. The second-order valence-electron chi connectivity index (χ2n) is 3.70. The third-order valence-corrected chi connectivity index (χ3v) is 2.33. The third-order valence-electron chi connectivity index (χ3n) is 2.33. The molecule has 0 atom stereocenters. The maximum atomic E-state index is 10.6. The average Bonchev–Trinajstić information content (AvgIpc) is 1.84. The molecular formula is C8H18NO3+. The van der Waals surface area contributed by atoms with Gasteiger partial charge in [0.15, 0.2) is 0 Å². The highest BCUT2D eigenvalue weighted by molar-refractivity contribution is 5.55. The first kappa shape index (κ1) is 11.4. The molecule has 0 fully saturated rings. The lowest BCUT2D eigenvalue weighted by atomic mass is 9.89. The highest BCUT2D eigenvalue weighted by Crippen LogP contribution is 2.27. The molecule has 0 spiro atoms. The summed E-state index contributed by atoms with van der Waals surface area (Å²) in [6.07, 6.45) is -0.537. The first-order chi connectivity index (χ1) is 5.23. The maximum Gasteiger partial charge on any atom is 0.511 e. The number of amides is 1. The molecule has 0 saturated carbocycles. The molecule has 4 heteroatoms. The molecule has 0 unspecified atom stereocenters. The number of quaternary nitrogens is 1. The van der Waals surface area contributed by atoms with Gasteiger partial charge in [-0.15, -0.1) is 0 Å². The molecule has 0 bridgehead atoms. The molecule has 1 amide bonds. The van der Waals surface area contributed by atoms with Gasteiger partial charge in [-0.1, -0.05) is 0 Å². The minimum Gasteiger partial charge on any atom is -0.411 e. The fraction of sp³-hybridized carbons (Fsp3) is 0.875. The van der Waals surface area contributed by atoms with E-state index < -0.39 is 17.3 Å². The van der Waals surface area contributed by atoms with Crippen LogP contribution < -0.4 is 5.73 Å². The summed E-state index contributed by atoms with van der Waals surface area (Å²) in [5.74, 6) is 0. The Morgan fingerprint density at radius 2 is 1.58 bits per heavy atom. The van der Waals surface area contributed by atoms with Crippen LogP contribution in [0, 0.1) is 0 Å². The predicted molar refractivity (Wildman–Crippen MR) is 44.5 cm³/mol. The van der Waals surface area contributed by atoms with Crippen LogP contribution in [0.15, 0.2) is 0 Å². The second kappa shape index (κ2) is 3.41. The zero-order valence-corrected chi connectivity index (χ0v) is 8.43. The molecule has 0 saturated heterocycles. The lowest BCUT2D eigenvalue weighted by molar-refractivity contribution is -0.304. The van der Waals surface area contributed by atoms with E-state index in [0.717, 1.165) is 0 Å². The van der Waals surface area contributed by atoms with Gasteiger partial charge in [-0.05, 0) is 27.7 Å². The Balaban J connectivity index is 4.48. The number of rotatable bonds is 3. The monoisotopic (exact) mass is 176 g/mol. The number of hydrogen-bond donors (Lipinski definition) is 1. The van der Waals surface area contributed by atoms with Crippen LogP contribution in [0.4, 0.5) is 4.79 Å². The molecule has 0 aliphatic carbocycles. The van der Waals surface area contributed by atoms with E-state index in [9.17, 15) is 4.79 Å². The number of hydrogen-bond acceptors (Lipinski definition) is 3. The van der Waals surface area contributed by atoms with Crippen LogP contribution in [0.1, 0.15) is 27.7 Å². The predicted octanol–water partition coefficient (Wildman–Crippen LogP) is 0.569. The summed E-state index contributed by atoms with van der Waals surface area (Å²) < 4.78 is 10.2. The van der Waals surface area contributed by atoms with E-state index in [1.54, 1.807) is 21.0 Å². The number of carbonyl (C=O) groups is 1. The van der Waals surface area contributed by atoms with Gasteiger partial charge in [-0.3, -0.25) is 5.73 Å². The molecule has 0 heterocycles. The van der Waals surface area contributed by atoms with Crippen LogP contribution in [0.3, 0.4) is 0 Å². The zero-order valence-electron chi connectivity index (χ0n) is 8.43. The number of carbonyl (C=O) groups excluding carboxylic acids is 1. The second-order valence-corrected chi connectivity index (χ2v) is 3.70. The van der Waals surface area contributed by atoms with Crippen molar-refractivity contribution in [2.24, 2.45) is 0 Å². The van der Waals surface area contributed by atoms with E-state index in [2.05, 4.69) is 5.73 Å². The number of ether oxygens (including phenoxy) is 2. The van der Waals surface area contributed by atoms with Crippen LogP contribution in [0.5, 0.6) is 0 Å². The molecule has 0 rings (SSSR count). The molecular weight excluding hydrogens is 158 g/mol. The van der Waals surface area contributed by atoms with Gasteiger partial charge in [-0.2, -0.15) is 4.79 Å². The van der Waals surface area contributed by atoms with Gasteiger partial charge in [0.05, 0.1) is 0 Å². The van der Waals surface area contributed by atoms with Crippen molar-refractivity contribution in [3.8, 4) is 0 Å². The molecule has 0 aromatic carbocycles. The normalized spacial score (nSPS) is 12.8. The van der Waals surface area contributed by atoms with Crippen LogP contribution in [-0.4, -0.2) is 24.4 Å². The topological polar surface area (TPSA) is 63.2 Å². The summed E-state index contributed by atoms with van der Waals surface area (Å²) in [5.41, 5.74) is 1.98. The summed E-state index contributed by atoms with van der Waals surface area (Å²) in [4.78, 5) is 10.6. The molecule has 0 radical (unpaired) electrons. The molecule has 12 heavy (non-hydrogen) atoms. The van der Waals surface area contributed by atoms with Crippen LogP contribution in [0.2, 0.25) is 0 Å². The van der Waals surface area contributed by atoms with Crippen molar-refractivity contribution in [3.05, 3.63) is 0 Å². The Hall–Kier alpha value is -0.610. The van der Waals surface area contributed by atoms with Crippen molar-refractivity contribution < 1.29 is 20.0 Å². The number of methoxy groups -OCH3 is 1. The van der Waals surface area contributed by atoms with E-state index >= 15 is 0 Å². The smallest absolute Gasteiger partial charge is 0.411 e. The lowest BCUT2D eigenvalue weighted by Crippen LogP contribution is -2.62. The average molecular weight is 176 g/mol. The summed E-state index contributed by atoms with van der Waals surface area (Å²) >= 11 is 0. The SMILES string of the molecule is COC(C)(C)C(C)(C)OC([NH3+])=O. The first-order valence-electron chi connectivity index (χ1n) is 3.83. The first-order valence-corrected chi connectivity index (χ1v) is 3.83. The van der Waals surface area contributed by atoms with E-state index in [4.69, 9.17) is 9.47 Å². The van der Waals surface area contributed by atoms with Crippen molar-refractivity contribution in [3.63, 3.8) is 0 Å². The lowest BCUT2D eigenvalue weighted by Gasteiger charge is -2.38. The molecule has 0 aliphatic rings. The minimum atomic E-state index is -0.666. The van der Waals surface area contributed by atoms with Crippen LogP contribution in [-0.2, 0) is 9.47 Å².